The Hall–Kier alpha value is -0.630. The first-order valence-electron chi connectivity index (χ1n) is 7.77. The zero-order chi connectivity index (χ0) is 14.8. The Morgan fingerprint density at radius 1 is 1.25 bits per heavy atom. The van der Waals surface area contributed by atoms with Crippen LogP contribution in [0.25, 0.3) is 0 Å². The van der Waals surface area contributed by atoms with Crippen molar-refractivity contribution in [3.05, 3.63) is 29.3 Å². The molecule has 1 fully saturated rings. The molecule has 0 aliphatic heterocycles. The second-order valence-electron chi connectivity index (χ2n) is 7.23. The summed E-state index contributed by atoms with van der Waals surface area (Å²) in [6, 6.07) is 6.66. The Balaban J connectivity index is 2.18. The van der Waals surface area contributed by atoms with Gasteiger partial charge in [-0.25, -0.2) is 0 Å². The standard InChI is InChI=1S/C18H28OS/c1-5-14-7-8-16(15(11-14)17(2,3)4)19-12-18(13-20)9-6-10-18/h7-8,11,20H,5-6,9-10,12-13H2,1-4H3. The van der Waals surface area contributed by atoms with Crippen LogP contribution in [-0.2, 0) is 11.8 Å². The van der Waals surface area contributed by atoms with Gasteiger partial charge in [-0.05, 0) is 47.6 Å². The predicted octanol–water partition coefficient (Wildman–Crippen LogP) is 5.03. The third kappa shape index (κ3) is 3.33. The third-order valence-corrected chi connectivity index (χ3v) is 5.21. The van der Waals surface area contributed by atoms with Gasteiger partial charge in [-0.1, -0.05) is 46.2 Å². The summed E-state index contributed by atoms with van der Waals surface area (Å²) < 4.78 is 6.21. The van der Waals surface area contributed by atoms with Crippen LogP contribution in [0.1, 0.15) is 58.1 Å². The highest BCUT2D eigenvalue weighted by molar-refractivity contribution is 7.80. The fourth-order valence-electron chi connectivity index (χ4n) is 2.76. The largest absolute Gasteiger partial charge is 0.493 e. The highest BCUT2D eigenvalue weighted by Crippen LogP contribution is 2.43. The molecule has 1 aromatic carbocycles. The lowest BCUT2D eigenvalue weighted by Crippen LogP contribution is -2.37. The van der Waals surface area contributed by atoms with Gasteiger partial charge in [-0.2, -0.15) is 12.6 Å². The Kier molecular flexibility index (Phi) is 4.73. The van der Waals surface area contributed by atoms with Gasteiger partial charge in [0.05, 0.1) is 6.61 Å². The van der Waals surface area contributed by atoms with Crippen molar-refractivity contribution in [1.82, 2.24) is 0 Å². The van der Waals surface area contributed by atoms with Crippen LogP contribution in [0.4, 0.5) is 0 Å². The minimum atomic E-state index is 0.119. The van der Waals surface area contributed by atoms with Gasteiger partial charge in [0.25, 0.3) is 0 Å². The Morgan fingerprint density at radius 3 is 2.40 bits per heavy atom. The molecule has 0 spiro atoms. The Bertz CT molecular complexity index is 449. The van der Waals surface area contributed by atoms with E-state index >= 15 is 0 Å². The molecular formula is C18H28OS. The molecule has 1 nitrogen and oxygen atoms in total. The molecule has 112 valence electrons. The van der Waals surface area contributed by atoms with Crippen molar-refractivity contribution in [3.63, 3.8) is 0 Å². The van der Waals surface area contributed by atoms with Gasteiger partial charge < -0.3 is 4.74 Å². The first-order valence-corrected chi connectivity index (χ1v) is 8.40. The second-order valence-corrected chi connectivity index (χ2v) is 7.55. The SMILES string of the molecule is CCc1ccc(OCC2(CS)CCC2)c(C(C)(C)C)c1. The van der Waals surface area contributed by atoms with Crippen molar-refractivity contribution in [2.24, 2.45) is 5.41 Å². The van der Waals surface area contributed by atoms with E-state index in [1.165, 1.54) is 30.4 Å². The predicted molar refractivity (Wildman–Crippen MR) is 90.2 cm³/mol. The normalized spacial score (nSPS) is 17.6. The van der Waals surface area contributed by atoms with Gasteiger partial charge in [-0.15, -0.1) is 0 Å². The quantitative estimate of drug-likeness (QED) is 0.749. The van der Waals surface area contributed by atoms with Gasteiger partial charge in [0.1, 0.15) is 5.75 Å². The van der Waals surface area contributed by atoms with Crippen molar-refractivity contribution in [3.8, 4) is 5.75 Å². The van der Waals surface area contributed by atoms with Gasteiger partial charge in [-0.3, -0.25) is 0 Å². The summed E-state index contributed by atoms with van der Waals surface area (Å²) >= 11 is 4.51. The van der Waals surface area contributed by atoms with Crippen molar-refractivity contribution in [2.75, 3.05) is 12.4 Å². The zero-order valence-electron chi connectivity index (χ0n) is 13.3. The maximum Gasteiger partial charge on any atom is 0.123 e. The summed E-state index contributed by atoms with van der Waals surface area (Å²) in [5, 5.41) is 0. The van der Waals surface area contributed by atoms with E-state index in [1.807, 2.05) is 0 Å². The van der Waals surface area contributed by atoms with E-state index in [9.17, 15) is 0 Å². The lowest BCUT2D eigenvalue weighted by molar-refractivity contribution is 0.0818. The summed E-state index contributed by atoms with van der Waals surface area (Å²) in [6.07, 6.45) is 4.91. The first-order chi connectivity index (χ1) is 9.40. The average molecular weight is 292 g/mol. The lowest BCUT2D eigenvalue weighted by Gasteiger charge is -2.40. The maximum absolute atomic E-state index is 6.21. The smallest absolute Gasteiger partial charge is 0.123 e. The van der Waals surface area contributed by atoms with Crippen molar-refractivity contribution in [2.45, 2.75) is 58.8 Å². The second kappa shape index (κ2) is 6.01. The van der Waals surface area contributed by atoms with Crippen molar-refractivity contribution < 1.29 is 4.74 Å². The molecule has 0 N–H and O–H groups in total. The minimum absolute atomic E-state index is 0.119. The van der Waals surface area contributed by atoms with E-state index in [0.29, 0.717) is 5.41 Å². The van der Waals surface area contributed by atoms with E-state index in [2.05, 4.69) is 58.5 Å². The van der Waals surface area contributed by atoms with Crippen LogP contribution in [0.2, 0.25) is 0 Å². The highest BCUT2D eigenvalue weighted by Gasteiger charge is 2.36. The molecular weight excluding hydrogens is 264 g/mol. The average Bonchev–Trinajstić information content (AvgIpc) is 2.37. The number of thiol groups is 1. The molecule has 2 rings (SSSR count). The molecule has 0 heterocycles. The van der Waals surface area contributed by atoms with Gasteiger partial charge >= 0.3 is 0 Å². The fraction of sp³-hybridized carbons (Fsp3) is 0.667. The van der Waals surface area contributed by atoms with E-state index in [1.54, 1.807) is 0 Å². The molecule has 1 aliphatic carbocycles. The monoisotopic (exact) mass is 292 g/mol. The van der Waals surface area contributed by atoms with E-state index in [-0.39, 0.29) is 5.41 Å². The fourth-order valence-corrected chi connectivity index (χ4v) is 3.17. The van der Waals surface area contributed by atoms with Crippen molar-refractivity contribution in [1.29, 1.82) is 0 Å². The molecule has 1 saturated carbocycles. The van der Waals surface area contributed by atoms with Crippen LogP contribution in [0.3, 0.4) is 0 Å². The molecule has 0 amide bonds. The van der Waals surface area contributed by atoms with Crippen molar-refractivity contribution >= 4 is 12.6 Å². The minimum Gasteiger partial charge on any atom is -0.493 e. The highest BCUT2D eigenvalue weighted by atomic mass is 32.1. The Morgan fingerprint density at radius 2 is 1.95 bits per heavy atom. The Labute approximate surface area is 129 Å². The molecule has 1 aromatic rings. The summed E-state index contributed by atoms with van der Waals surface area (Å²) in [7, 11) is 0. The van der Waals surface area contributed by atoms with Crippen LogP contribution in [0.5, 0.6) is 5.75 Å². The zero-order valence-corrected chi connectivity index (χ0v) is 14.2. The molecule has 1 aliphatic rings. The molecule has 0 radical (unpaired) electrons. The lowest BCUT2D eigenvalue weighted by atomic mass is 9.71. The van der Waals surface area contributed by atoms with E-state index in [0.717, 1.165) is 24.5 Å². The molecule has 0 saturated heterocycles. The summed E-state index contributed by atoms with van der Waals surface area (Å²) in [5.74, 6) is 1.99. The van der Waals surface area contributed by atoms with E-state index in [4.69, 9.17) is 4.74 Å². The number of benzene rings is 1. The summed E-state index contributed by atoms with van der Waals surface area (Å²) in [5.41, 5.74) is 3.15. The molecule has 0 aromatic heterocycles. The summed E-state index contributed by atoms with van der Waals surface area (Å²) in [4.78, 5) is 0. The molecule has 0 bridgehead atoms. The number of hydrogen-bond acceptors (Lipinski definition) is 2. The van der Waals surface area contributed by atoms with Gasteiger partial charge in [0.15, 0.2) is 0 Å². The first kappa shape index (κ1) is 15.8. The molecule has 0 unspecified atom stereocenters. The maximum atomic E-state index is 6.21. The van der Waals surface area contributed by atoms with Crippen LogP contribution in [0.15, 0.2) is 18.2 Å². The topological polar surface area (TPSA) is 9.23 Å². The number of aryl methyl sites for hydroxylation is 1. The van der Waals surface area contributed by atoms with Crippen LogP contribution >= 0.6 is 12.6 Å². The molecule has 20 heavy (non-hydrogen) atoms. The summed E-state index contributed by atoms with van der Waals surface area (Å²) in [6.45, 7) is 9.78. The number of rotatable bonds is 5. The van der Waals surface area contributed by atoms with Crippen LogP contribution < -0.4 is 4.74 Å². The van der Waals surface area contributed by atoms with E-state index < -0.39 is 0 Å². The molecule has 0 atom stereocenters. The van der Waals surface area contributed by atoms with Gasteiger partial charge in [0, 0.05) is 5.41 Å². The third-order valence-electron chi connectivity index (χ3n) is 4.54. The van der Waals surface area contributed by atoms with Crippen LogP contribution in [-0.4, -0.2) is 12.4 Å². The van der Waals surface area contributed by atoms with Gasteiger partial charge in [0.2, 0.25) is 0 Å². The molecule has 2 heteroatoms. The number of hydrogen-bond donors (Lipinski definition) is 1. The van der Waals surface area contributed by atoms with Crippen LogP contribution in [0, 0.1) is 5.41 Å². The number of ether oxygens (including phenoxy) is 1.